The van der Waals surface area contributed by atoms with Gasteiger partial charge in [0.15, 0.2) is 0 Å². The summed E-state index contributed by atoms with van der Waals surface area (Å²) in [7, 11) is 1.59. The summed E-state index contributed by atoms with van der Waals surface area (Å²) in [5.41, 5.74) is 1.27. The summed E-state index contributed by atoms with van der Waals surface area (Å²) in [5, 5.41) is 2.90. The van der Waals surface area contributed by atoms with E-state index in [-0.39, 0.29) is 5.91 Å². The molecule has 0 spiro atoms. The molecule has 1 amide bonds. The van der Waals surface area contributed by atoms with Crippen molar-refractivity contribution in [3.05, 3.63) is 52.5 Å². The number of nitrogens with one attached hydrogen (secondary N) is 1. The number of rotatable bonds is 10. The van der Waals surface area contributed by atoms with Gasteiger partial charge in [0, 0.05) is 17.3 Å². The van der Waals surface area contributed by atoms with Gasteiger partial charge >= 0.3 is 0 Å². The highest BCUT2D eigenvalue weighted by Gasteiger charge is 2.09. The Labute approximate surface area is 164 Å². The lowest BCUT2D eigenvalue weighted by molar-refractivity contribution is 0.102. The molecule has 5 heteroatoms. The molecular formula is C21H26BrNO3. The first kappa shape index (κ1) is 20.3. The summed E-state index contributed by atoms with van der Waals surface area (Å²) < 4.78 is 11.7. The fraction of sp³-hybridized carbons (Fsp3) is 0.381. The van der Waals surface area contributed by atoms with E-state index in [9.17, 15) is 4.79 Å². The Kier molecular flexibility index (Phi) is 8.48. The molecule has 4 nitrogen and oxygen atoms in total. The Morgan fingerprint density at radius 2 is 1.88 bits per heavy atom. The van der Waals surface area contributed by atoms with Crippen molar-refractivity contribution < 1.29 is 14.3 Å². The second-order valence-corrected chi connectivity index (χ2v) is 6.95. The van der Waals surface area contributed by atoms with E-state index in [1.807, 2.05) is 24.3 Å². The summed E-state index contributed by atoms with van der Waals surface area (Å²) in [6, 6.07) is 12.7. The molecule has 0 aliphatic heterocycles. The lowest BCUT2D eigenvalue weighted by atomic mass is 10.2. The molecule has 1 N–H and O–H groups in total. The number of carbonyl (C=O) groups is 1. The Bertz CT molecular complexity index is 718. The fourth-order valence-corrected chi connectivity index (χ4v) is 3.11. The molecule has 140 valence electrons. The van der Waals surface area contributed by atoms with E-state index in [0.717, 1.165) is 16.6 Å². The molecule has 0 atom stereocenters. The minimum absolute atomic E-state index is 0.176. The molecule has 0 aliphatic carbocycles. The predicted octanol–water partition coefficient (Wildman–Crippen LogP) is 6.06. The van der Waals surface area contributed by atoms with Crippen LogP contribution in [0.25, 0.3) is 0 Å². The van der Waals surface area contributed by atoms with Crippen LogP contribution in [-0.4, -0.2) is 19.6 Å². The predicted molar refractivity (Wildman–Crippen MR) is 109 cm³/mol. The van der Waals surface area contributed by atoms with Crippen LogP contribution >= 0.6 is 15.9 Å². The van der Waals surface area contributed by atoms with Crippen LogP contribution in [0.1, 0.15) is 49.4 Å². The van der Waals surface area contributed by atoms with Crippen molar-refractivity contribution in [1.82, 2.24) is 0 Å². The van der Waals surface area contributed by atoms with Crippen LogP contribution in [-0.2, 0) is 0 Å². The van der Waals surface area contributed by atoms with Crippen molar-refractivity contribution in [3.63, 3.8) is 0 Å². The highest BCUT2D eigenvalue weighted by atomic mass is 79.9. The number of unbranched alkanes of at least 4 members (excludes halogenated alkanes) is 4. The van der Waals surface area contributed by atoms with E-state index < -0.39 is 0 Å². The zero-order chi connectivity index (χ0) is 18.8. The summed E-state index contributed by atoms with van der Waals surface area (Å²) in [6.07, 6.45) is 6.02. The van der Waals surface area contributed by atoms with Crippen LogP contribution < -0.4 is 14.8 Å². The number of anilines is 1. The lowest BCUT2D eigenvalue weighted by Gasteiger charge is -2.10. The molecule has 0 heterocycles. The SMILES string of the molecule is CCCCCCCOc1cccc(NC(=O)c2ccc(OC)c(Br)c2)c1. The van der Waals surface area contributed by atoms with Gasteiger partial charge in [-0.15, -0.1) is 0 Å². The molecule has 0 saturated carbocycles. The number of carbonyl (C=O) groups excluding carboxylic acids is 1. The number of amides is 1. The first-order valence-electron chi connectivity index (χ1n) is 9.01. The summed E-state index contributed by atoms with van der Waals surface area (Å²) in [5.74, 6) is 1.29. The molecule has 0 saturated heterocycles. The maximum atomic E-state index is 12.4. The van der Waals surface area contributed by atoms with Crippen molar-refractivity contribution in [1.29, 1.82) is 0 Å². The molecule has 0 aromatic heterocycles. The van der Waals surface area contributed by atoms with Crippen LogP contribution in [0.5, 0.6) is 11.5 Å². The summed E-state index contributed by atoms with van der Waals surface area (Å²) in [4.78, 5) is 12.4. The fourth-order valence-electron chi connectivity index (χ4n) is 2.57. The van der Waals surface area contributed by atoms with Crippen molar-refractivity contribution in [2.75, 3.05) is 19.0 Å². The largest absolute Gasteiger partial charge is 0.496 e. The average molecular weight is 420 g/mol. The number of ether oxygens (including phenoxy) is 2. The van der Waals surface area contributed by atoms with Gasteiger partial charge < -0.3 is 14.8 Å². The maximum Gasteiger partial charge on any atom is 0.255 e. The third kappa shape index (κ3) is 6.37. The Morgan fingerprint density at radius 1 is 1.08 bits per heavy atom. The van der Waals surface area contributed by atoms with Gasteiger partial charge in [-0.1, -0.05) is 38.7 Å². The van der Waals surface area contributed by atoms with Crippen molar-refractivity contribution in [2.45, 2.75) is 39.0 Å². The zero-order valence-corrected chi connectivity index (χ0v) is 17.0. The van der Waals surface area contributed by atoms with E-state index in [1.165, 1.54) is 25.7 Å². The molecule has 2 aromatic rings. The smallest absolute Gasteiger partial charge is 0.255 e. The average Bonchev–Trinajstić information content (AvgIpc) is 2.65. The van der Waals surface area contributed by atoms with Crippen LogP contribution in [0.3, 0.4) is 0 Å². The van der Waals surface area contributed by atoms with E-state index in [1.54, 1.807) is 25.3 Å². The molecule has 0 unspecified atom stereocenters. The number of hydrogen-bond donors (Lipinski definition) is 1. The Balaban J connectivity index is 1.89. The molecule has 0 fully saturated rings. The lowest BCUT2D eigenvalue weighted by Crippen LogP contribution is -2.12. The number of benzene rings is 2. The molecule has 2 aromatic carbocycles. The second kappa shape index (κ2) is 10.9. The maximum absolute atomic E-state index is 12.4. The molecule has 0 aliphatic rings. The number of methoxy groups -OCH3 is 1. The minimum atomic E-state index is -0.176. The van der Waals surface area contributed by atoms with E-state index in [4.69, 9.17) is 9.47 Å². The Hall–Kier alpha value is -2.01. The van der Waals surface area contributed by atoms with Gasteiger partial charge in [-0.05, 0) is 52.7 Å². The summed E-state index contributed by atoms with van der Waals surface area (Å²) in [6.45, 7) is 2.91. The van der Waals surface area contributed by atoms with E-state index in [2.05, 4.69) is 28.2 Å². The molecular weight excluding hydrogens is 394 g/mol. The van der Waals surface area contributed by atoms with Crippen LogP contribution in [0.2, 0.25) is 0 Å². The molecule has 0 bridgehead atoms. The van der Waals surface area contributed by atoms with Crippen LogP contribution in [0.4, 0.5) is 5.69 Å². The quantitative estimate of drug-likeness (QED) is 0.476. The minimum Gasteiger partial charge on any atom is -0.496 e. The zero-order valence-electron chi connectivity index (χ0n) is 15.4. The van der Waals surface area contributed by atoms with Gasteiger partial charge in [-0.25, -0.2) is 0 Å². The third-order valence-corrected chi connectivity index (χ3v) is 4.64. The topological polar surface area (TPSA) is 47.6 Å². The van der Waals surface area contributed by atoms with Crippen molar-refractivity contribution >= 4 is 27.5 Å². The molecule has 0 radical (unpaired) electrons. The monoisotopic (exact) mass is 419 g/mol. The van der Waals surface area contributed by atoms with Gasteiger partial charge in [0.2, 0.25) is 0 Å². The highest BCUT2D eigenvalue weighted by Crippen LogP contribution is 2.26. The van der Waals surface area contributed by atoms with Gasteiger partial charge in [-0.3, -0.25) is 4.79 Å². The van der Waals surface area contributed by atoms with Crippen LogP contribution in [0.15, 0.2) is 46.9 Å². The van der Waals surface area contributed by atoms with Crippen molar-refractivity contribution in [2.24, 2.45) is 0 Å². The second-order valence-electron chi connectivity index (χ2n) is 6.09. The number of halogens is 1. The number of hydrogen-bond acceptors (Lipinski definition) is 3. The normalized spacial score (nSPS) is 10.4. The van der Waals surface area contributed by atoms with Crippen LogP contribution in [0, 0.1) is 0 Å². The molecule has 2 rings (SSSR count). The van der Waals surface area contributed by atoms with Crippen molar-refractivity contribution in [3.8, 4) is 11.5 Å². The third-order valence-electron chi connectivity index (χ3n) is 4.02. The highest BCUT2D eigenvalue weighted by molar-refractivity contribution is 9.10. The van der Waals surface area contributed by atoms with Gasteiger partial charge in [-0.2, -0.15) is 0 Å². The van der Waals surface area contributed by atoms with Gasteiger partial charge in [0.1, 0.15) is 11.5 Å². The van der Waals surface area contributed by atoms with Gasteiger partial charge in [0.25, 0.3) is 5.91 Å². The van der Waals surface area contributed by atoms with Gasteiger partial charge in [0.05, 0.1) is 18.2 Å². The first-order chi connectivity index (χ1) is 12.6. The summed E-state index contributed by atoms with van der Waals surface area (Å²) >= 11 is 3.40. The Morgan fingerprint density at radius 3 is 2.62 bits per heavy atom. The van der Waals surface area contributed by atoms with E-state index >= 15 is 0 Å². The molecule has 26 heavy (non-hydrogen) atoms. The standard InChI is InChI=1S/C21H26BrNO3/c1-3-4-5-6-7-13-26-18-10-8-9-17(15-18)23-21(24)16-11-12-20(25-2)19(22)14-16/h8-12,14-15H,3-7,13H2,1-2H3,(H,23,24). The van der Waals surface area contributed by atoms with E-state index in [0.29, 0.717) is 23.6 Å². The first-order valence-corrected chi connectivity index (χ1v) is 9.81.